The van der Waals surface area contributed by atoms with Gasteiger partial charge in [-0.15, -0.1) is 0 Å². The second kappa shape index (κ2) is 13.1. The van der Waals surface area contributed by atoms with E-state index in [9.17, 15) is 0 Å². The zero-order chi connectivity index (χ0) is 40.0. The first kappa shape index (κ1) is 34.2. The smallest absolute Gasteiger partial charge is 0.301 e. The van der Waals surface area contributed by atoms with E-state index in [2.05, 4.69) is 41.0 Å². The number of hydrogen-bond acceptors (Lipinski definition) is 3. The summed E-state index contributed by atoms with van der Waals surface area (Å²) in [5, 5.41) is 5.28. The van der Waals surface area contributed by atoms with Crippen molar-refractivity contribution >= 4 is 43.4 Å². The Kier molecular flexibility index (Phi) is 7.47. The summed E-state index contributed by atoms with van der Waals surface area (Å²) in [4.78, 5) is 14.8. The van der Waals surface area contributed by atoms with E-state index in [0.29, 0.717) is 34.1 Å². The van der Waals surface area contributed by atoms with Crippen LogP contribution in [-0.4, -0.2) is 19.5 Å². The number of hydrogen-bond donors (Lipinski definition) is 0. The molecule has 6 heteroatoms. The molecule has 0 fully saturated rings. The maximum absolute atomic E-state index is 17.5. The first-order valence-electron chi connectivity index (χ1n) is 20.0. The van der Waals surface area contributed by atoms with Crippen molar-refractivity contribution in [3.8, 4) is 62.1 Å². The Hall–Kier alpha value is -7.83. The number of fused-ring (bicyclic) bond motifs is 12. The number of nitrogens with zero attached hydrogens (tertiary/aromatic N) is 4. The summed E-state index contributed by atoms with van der Waals surface area (Å²) < 4.78 is 37.1. The largest absolute Gasteiger partial charge is 0.309 e. The molecule has 9 aromatic carbocycles. The van der Waals surface area contributed by atoms with Crippen molar-refractivity contribution in [1.82, 2.24) is 19.5 Å². The maximum atomic E-state index is 17.5. The Balaban J connectivity index is 1.08. The second-order valence-corrected chi connectivity index (χ2v) is 15.3. The molecule has 0 saturated heterocycles. The topological polar surface area (TPSA) is 43.6 Å². The number of halogens is 2. The van der Waals surface area contributed by atoms with E-state index in [1.54, 1.807) is 6.07 Å². The first-order valence-corrected chi connectivity index (χ1v) is 20.0. The molecule has 1 aliphatic carbocycles. The van der Waals surface area contributed by atoms with E-state index in [1.807, 2.05) is 152 Å². The standard InChI is InChI=1S/C54H32F2N4/c55-54(56)44-30-29-33-15-7-8-24-40(33)47(44)48-42-26-10-9-25-41(42)46-43-27-11-12-28-45(43)60(50(46)49(48)54)39-23-14-21-37(32-39)36-20-13-22-38(31-36)53-58-51(34-16-3-1-4-17-34)57-52(59-53)35-18-5-2-6-19-35/h1-32H. The molecule has 282 valence electrons. The van der Waals surface area contributed by atoms with Gasteiger partial charge in [0.1, 0.15) is 0 Å². The van der Waals surface area contributed by atoms with E-state index in [0.717, 1.165) is 71.3 Å². The molecule has 0 aliphatic heterocycles. The molecule has 4 nitrogen and oxygen atoms in total. The molecule has 0 spiro atoms. The molecule has 0 amide bonds. The molecule has 2 heterocycles. The third-order valence-electron chi connectivity index (χ3n) is 11.9. The van der Waals surface area contributed by atoms with Crippen LogP contribution >= 0.6 is 0 Å². The SMILES string of the molecule is FC1(F)c2ccc3ccccc3c2-c2c1c1c(c3ccccc23)c2ccccc2n1-c1cccc(-c2cccc(-c3nc(-c4ccccc4)nc(-c4ccccc4)n3)c2)c1. The van der Waals surface area contributed by atoms with Crippen molar-refractivity contribution in [2.75, 3.05) is 0 Å². The minimum Gasteiger partial charge on any atom is -0.309 e. The predicted molar refractivity (Wildman–Crippen MR) is 239 cm³/mol. The normalized spacial score (nSPS) is 13.0. The molecular formula is C54H32F2N4. The van der Waals surface area contributed by atoms with Crippen molar-refractivity contribution in [3.63, 3.8) is 0 Å². The van der Waals surface area contributed by atoms with Crippen LogP contribution in [0.5, 0.6) is 0 Å². The highest BCUT2D eigenvalue weighted by Crippen LogP contribution is 2.59. The van der Waals surface area contributed by atoms with Crippen LogP contribution < -0.4 is 0 Å². The van der Waals surface area contributed by atoms with E-state index < -0.39 is 5.92 Å². The summed E-state index contributed by atoms with van der Waals surface area (Å²) in [6.07, 6.45) is 0. The van der Waals surface area contributed by atoms with Crippen molar-refractivity contribution < 1.29 is 8.78 Å². The lowest BCUT2D eigenvalue weighted by atomic mass is 9.91. The Bertz CT molecular complexity index is 3460. The van der Waals surface area contributed by atoms with Gasteiger partial charge in [-0.25, -0.2) is 15.0 Å². The summed E-state index contributed by atoms with van der Waals surface area (Å²) in [5.74, 6) is -1.52. The van der Waals surface area contributed by atoms with Gasteiger partial charge in [0.05, 0.1) is 16.6 Å². The van der Waals surface area contributed by atoms with Crippen LogP contribution in [0.15, 0.2) is 194 Å². The van der Waals surface area contributed by atoms with E-state index >= 15 is 8.78 Å². The van der Waals surface area contributed by atoms with Gasteiger partial charge < -0.3 is 4.57 Å². The fourth-order valence-electron chi connectivity index (χ4n) is 9.29. The van der Waals surface area contributed by atoms with Gasteiger partial charge in [-0.05, 0) is 56.9 Å². The van der Waals surface area contributed by atoms with Crippen LogP contribution in [-0.2, 0) is 5.92 Å². The van der Waals surface area contributed by atoms with E-state index in [4.69, 9.17) is 15.0 Å². The minimum absolute atomic E-state index is 0.0420. The molecule has 0 N–H and O–H groups in total. The average molecular weight is 775 g/mol. The Labute approximate surface area is 343 Å². The van der Waals surface area contributed by atoms with Gasteiger partial charge >= 0.3 is 5.92 Å². The van der Waals surface area contributed by atoms with Gasteiger partial charge in [0, 0.05) is 49.8 Å². The Morgan fingerprint density at radius 1 is 0.400 bits per heavy atom. The number of aromatic nitrogens is 4. The number of benzene rings is 9. The van der Waals surface area contributed by atoms with E-state index in [-0.39, 0.29) is 11.1 Å². The van der Waals surface area contributed by atoms with Gasteiger partial charge in [0.15, 0.2) is 17.5 Å². The molecule has 0 unspecified atom stereocenters. The third-order valence-corrected chi connectivity index (χ3v) is 11.9. The highest BCUT2D eigenvalue weighted by molar-refractivity contribution is 6.28. The van der Waals surface area contributed by atoms with Crippen molar-refractivity contribution in [3.05, 3.63) is 205 Å². The molecule has 12 rings (SSSR count). The molecule has 0 bridgehead atoms. The lowest BCUT2D eigenvalue weighted by Gasteiger charge is -2.18. The zero-order valence-electron chi connectivity index (χ0n) is 32.0. The van der Waals surface area contributed by atoms with Gasteiger partial charge in [0.2, 0.25) is 0 Å². The first-order chi connectivity index (χ1) is 29.5. The molecule has 60 heavy (non-hydrogen) atoms. The second-order valence-electron chi connectivity index (χ2n) is 15.3. The molecule has 0 saturated carbocycles. The fraction of sp³-hybridized carbons (Fsp3) is 0.0185. The number of para-hydroxylation sites is 1. The van der Waals surface area contributed by atoms with E-state index in [1.165, 1.54) is 0 Å². The lowest BCUT2D eigenvalue weighted by molar-refractivity contribution is 0.0494. The molecule has 0 atom stereocenters. The monoisotopic (exact) mass is 774 g/mol. The van der Waals surface area contributed by atoms with Crippen LogP contribution in [0.4, 0.5) is 8.78 Å². The number of rotatable bonds is 5. The Morgan fingerprint density at radius 2 is 0.933 bits per heavy atom. The minimum atomic E-state index is -3.25. The van der Waals surface area contributed by atoms with Gasteiger partial charge in [-0.3, -0.25) is 0 Å². The van der Waals surface area contributed by atoms with Gasteiger partial charge in [-0.2, -0.15) is 8.78 Å². The summed E-state index contributed by atoms with van der Waals surface area (Å²) in [6.45, 7) is 0. The van der Waals surface area contributed by atoms with Crippen molar-refractivity contribution in [1.29, 1.82) is 0 Å². The van der Waals surface area contributed by atoms with Crippen LogP contribution in [0, 0.1) is 0 Å². The molecule has 2 aromatic heterocycles. The predicted octanol–water partition coefficient (Wildman–Crippen LogP) is 14.1. The van der Waals surface area contributed by atoms with Crippen LogP contribution in [0.2, 0.25) is 0 Å². The van der Waals surface area contributed by atoms with Crippen LogP contribution in [0.3, 0.4) is 0 Å². The molecule has 0 radical (unpaired) electrons. The highest BCUT2D eigenvalue weighted by atomic mass is 19.3. The van der Waals surface area contributed by atoms with Gasteiger partial charge in [0.25, 0.3) is 0 Å². The summed E-state index contributed by atoms with van der Waals surface area (Å²) in [7, 11) is 0. The third kappa shape index (κ3) is 5.10. The lowest BCUT2D eigenvalue weighted by Crippen LogP contribution is -2.13. The summed E-state index contributed by atoms with van der Waals surface area (Å²) in [6, 6.07) is 63.6. The Morgan fingerprint density at radius 3 is 1.65 bits per heavy atom. The van der Waals surface area contributed by atoms with Crippen LogP contribution in [0.25, 0.3) is 105 Å². The summed E-state index contributed by atoms with van der Waals surface area (Å²) in [5.41, 5.74) is 7.97. The molecular weight excluding hydrogens is 743 g/mol. The maximum Gasteiger partial charge on any atom is 0.301 e. The highest BCUT2D eigenvalue weighted by Gasteiger charge is 2.48. The van der Waals surface area contributed by atoms with Crippen LogP contribution in [0.1, 0.15) is 11.1 Å². The zero-order valence-corrected chi connectivity index (χ0v) is 32.0. The number of alkyl halides is 2. The summed E-state index contributed by atoms with van der Waals surface area (Å²) >= 11 is 0. The van der Waals surface area contributed by atoms with Gasteiger partial charge in [-0.1, -0.05) is 170 Å². The van der Waals surface area contributed by atoms with Crippen molar-refractivity contribution in [2.24, 2.45) is 0 Å². The fourth-order valence-corrected chi connectivity index (χ4v) is 9.29. The molecule has 1 aliphatic rings. The quantitative estimate of drug-likeness (QED) is 0.175. The van der Waals surface area contributed by atoms with Crippen molar-refractivity contribution in [2.45, 2.75) is 5.92 Å². The molecule has 11 aromatic rings. The average Bonchev–Trinajstić information content (AvgIpc) is 3.78.